The molecule has 2 aromatic carbocycles. The summed E-state index contributed by atoms with van der Waals surface area (Å²) in [6.07, 6.45) is 6.71. The molecule has 41 heavy (non-hydrogen) atoms. The van der Waals surface area contributed by atoms with Crippen LogP contribution < -0.4 is 26.0 Å². The Hall–Kier alpha value is -4.44. The van der Waals surface area contributed by atoms with E-state index in [0.29, 0.717) is 54.3 Å². The lowest BCUT2D eigenvalue weighted by Gasteiger charge is -2.37. The van der Waals surface area contributed by atoms with E-state index in [1.807, 2.05) is 11.0 Å². The molecular formula is C31H36N6O4. The third kappa shape index (κ3) is 6.83. The molecule has 0 radical (unpaired) electrons. The zero-order valence-corrected chi connectivity index (χ0v) is 23.2. The van der Waals surface area contributed by atoms with Gasteiger partial charge in [0.1, 0.15) is 5.75 Å². The van der Waals surface area contributed by atoms with Gasteiger partial charge in [-0.2, -0.15) is 0 Å². The van der Waals surface area contributed by atoms with Crippen molar-refractivity contribution in [1.82, 2.24) is 15.2 Å². The fraction of sp³-hybridized carbons (Fsp3) is 0.355. The number of pyridine rings is 1. The van der Waals surface area contributed by atoms with Gasteiger partial charge in [0.25, 0.3) is 17.7 Å². The highest BCUT2D eigenvalue weighted by molar-refractivity contribution is 6.07. The normalized spacial score (nSPS) is 18.9. The molecule has 4 N–H and O–H groups in total. The highest BCUT2D eigenvalue weighted by atomic mass is 16.5. The van der Waals surface area contributed by atoms with Crippen LogP contribution in [0.25, 0.3) is 0 Å². The Morgan fingerprint density at radius 2 is 1.56 bits per heavy atom. The van der Waals surface area contributed by atoms with Crippen LogP contribution in [0.1, 0.15) is 56.8 Å². The van der Waals surface area contributed by atoms with Crippen molar-refractivity contribution < 1.29 is 19.1 Å². The Bertz CT molecular complexity index is 1380. The first-order valence-electron chi connectivity index (χ1n) is 14.0. The number of nitrogens with two attached hydrogens (primary N) is 1. The molecular weight excluding hydrogens is 520 g/mol. The molecule has 0 unspecified atom stereocenters. The minimum absolute atomic E-state index is 0.0331. The van der Waals surface area contributed by atoms with E-state index in [4.69, 9.17) is 10.5 Å². The molecule has 1 saturated heterocycles. The van der Waals surface area contributed by atoms with E-state index in [1.54, 1.807) is 68.0 Å². The molecule has 2 aliphatic rings. The first kappa shape index (κ1) is 28.1. The average molecular weight is 557 g/mol. The van der Waals surface area contributed by atoms with Gasteiger partial charge in [-0.05, 0) is 74.2 Å². The van der Waals surface area contributed by atoms with E-state index in [1.165, 1.54) is 0 Å². The monoisotopic (exact) mass is 556 g/mol. The van der Waals surface area contributed by atoms with Crippen molar-refractivity contribution in [2.75, 3.05) is 43.5 Å². The van der Waals surface area contributed by atoms with Gasteiger partial charge in [0, 0.05) is 67.3 Å². The van der Waals surface area contributed by atoms with Gasteiger partial charge >= 0.3 is 0 Å². The lowest BCUT2D eigenvalue weighted by Crippen LogP contribution is -2.49. The topological polar surface area (TPSA) is 130 Å². The standard InChI is InChI=1S/C31H36N6O4/c1-41-26-4-2-3-22(19-26)30(39)35-27-20-23(29(38)34-25-8-6-24(32)7-9-25)5-10-28(27)36-15-17-37(18-16-36)31(40)21-11-13-33-14-12-21/h2-5,10-14,19-20,24-25H,6-9,15-18,32H2,1H3,(H,34,38)(H,35,39). The van der Waals surface area contributed by atoms with Gasteiger partial charge in [0.15, 0.2) is 0 Å². The second-order valence-corrected chi connectivity index (χ2v) is 10.5. The van der Waals surface area contributed by atoms with Crippen molar-refractivity contribution in [3.63, 3.8) is 0 Å². The number of benzene rings is 2. The number of carbonyl (C=O) groups is 3. The van der Waals surface area contributed by atoms with Crippen molar-refractivity contribution in [1.29, 1.82) is 0 Å². The summed E-state index contributed by atoms with van der Waals surface area (Å²) in [5.74, 6) is 0.0552. The van der Waals surface area contributed by atoms with E-state index in [-0.39, 0.29) is 29.8 Å². The van der Waals surface area contributed by atoms with E-state index < -0.39 is 0 Å². The quantitative estimate of drug-likeness (QED) is 0.407. The first-order chi connectivity index (χ1) is 19.9. The molecule has 1 aliphatic heterocycles. The fourth-order valence-electron chi connectivity index (χ4n) is 5.37. The Balaban J connectivity index is 1.35. The number of carbonyl (C=O) groups excluding carboxylic acids is 3. The van der Waals surface area contributed by atoms with E-state index in [9.17, 15) is 14.4 Å². The van der Waals surface area contributed by atoms with Gasteiger partial charge in [-0.15, -0.1) is 0 Å². The molecule has 5 rings (SSSR count). The molecule has 1 aromatic heterocycles. The molecule has 214 valence electrons. The number of hydrogen-bond donors (Lipinski definition) is 3. The number of aromatic nitrogens is 1. The smallest absolute Gasteiger partial charge is 0.255 e. The predicted molar refractivity (Wildman–Crippen MR) is 157 cm³/mol. The Morgan fingerprint density at radius 3 is 2.27 bits per heavy atom. The maximum absolute atomic E-state index is 13.3. The molecule has 1 saturated carbocycles. The number of nitrogens with zero attached hydrogens (tertiary/aromatic N) is 3. The first-order valence-corrected chi connectivity index (χ1v) is 14.0. The number of nitrogens with one attached hydrogen (secondary N) is 2. The summed E-state index contributed by atoms with van der Waals surface area (Å²) in [5.41, 5.74) is 8.86. The lowest BCUT2D eigenvalue weighted by molar-refractivity contribution is 0.0746. The van der Waals surface area contributed by atoms with Gasteiger partial charge in [-0.3, -0.25) is 19.4 Å². The average Bonchev–Trinajstić information content (AvgIpc) is 3.02. The van der Waals surface area contributed by atoms with Gasteiger partial charge < -0.3 is 30.9 Å². The largest absolute Gasteiger partial charge is 0.497 e. The van der Waals surface area contributed by atoms with Crippen LogP contribution in [0.15, 0.2) is 67.0 Å². The summed E-state index contributed by atoms with van der Waals surface area (Å²) in [5, 5.41) is 6.15. The van der Waals surface area contributed by atoms with Crippen LogP contribution >= 0.6 is 0 Å². The van der Waals surface area contributed by atoms with Gasteiger partial charge in [0.05, 0.1) is 18.5 Å². The molecule has 2 fully saturated rings. The minimum Gasteiger partial charge on any atom is -0.497 e. The number of methoxy groups -OCH3 is 1. The zero-order chi connectivity index (χ0) is 28.8. The summed E-state index contributed by atoms with van der Waals surface area (Å²) in [6.45, 7) is 2.20. The van der Waals surface area contributed by atoms with Crippen LogP contribution in [0.5, 0.6) is 5.75 Å². The fourth-order valence-corrected chi connectivity index (χ4v) is 5.37. The van der Waals surface area contributed by atoms with Crippen molar-refractivity contribution in [2.24, 2.45) is 5.73 Å². The Labute approximate surface area is 239 Å². The minimum atomic E-state index is -0.310. The van der Waals surface area contributed by atoms with Crippen LogP contribution in [-0.4, -0.2) is 73.0 Å². The summed E-state index contributed by atoms with van der Waals surface area (Å²) < 4.78 is 5.28. The van der Waals surface area contributed by atoms with Gasteiger partial charge in [0.2, 0.25) is 0 Å². The van der Waals surface area contributed by atoms with Gasteiger partial charge in [-0.1, -0.05) is 6.07 Å². The molecule has 10 heteroatoms. The Morgan fingerprint density at radius 1 is 0.854 bits per heavy atom. The Kier molecular flexibility index (Phi) is 8.79. The van der Waals surface area contributed by atoms with Crippen molar-refractivity contribution in [2.45, 2.75) is 37.8 Å². The highest BCUT2D eigenvalue weighted by Crippen LogP contribution is 2.30. The zero-order valence-electron chi connectivity index (χ0n) is 23.2. The molecule has 0 atom stereocenters. The molecule has 3 amide bonds. The number of amides is 3. The number of anilines is 2. The van der Waals surface area contributed by atoms with E-state index in [0.717, 1.165) is 31.4 Å². The summed E-state index contributed by atoms with van der Waals surface area (Å²) in [4.78, 5) is 47.3. The van der Waals surface area contributed by atoms with Crippen LogP contribution in [0.3, 0.4) is 0 Å². The summed E-state index contributed by atoms with van der Waals surface area (Å²) in [7, 11) is 1.55. The number of ether oxygens (including phenoxy) is 1. The third-order valence-electron chi connectivity index (χ3n) is 7.78. The maximum atomic E-state index is 13.3. The SMILES string of the molecule is COc1cccc(C(=O)Nc2cc(C(=O)NC3CCC(N)CC3)ccc2N2CCN(C(=O)c3ccncc3)CC2)c1. The summed E-state index contributed by atoms with van der Waals surface area (Å²) in [6, 6.07) is 16.0. The van der Waals surface area contributed by atoms with E-state index in [2.05, 4.69) is 20.5 Å². The van der Waals surface area contributed by atoms with Crippen molar-refractivity contribution in [3.8, 4) is 5.75 Å². The number of piperazine rings is 1. The second-order valence-electron chi connectivity index (χ2n) is 10.5. The van der Waals surface area contributed by atoms with Crippen LogP contribution in [0.4, 0.5) is 11.4 Å². The number of rotatable bonds is 7. The highest BCUT2D eigenvalue weighted by Gasteiger charge is 2.26. The molecule has 1 aliphatic carbocycles. The predicted octanol–water partition coefficient (Wildman–Crippen LogP) is 3.30. The number of hydrogen-bond acceptors (Lipinski definition) is 7. The lowest BCUT2D eigenvalue weighted by atomic mass is 9.91. The molecule has 0 spiro atoms. The van der Waals surface area contributed by atoms with Gasteiger partial charge in [-0.25, -0.2) is 0 Å². The molecule has 10 nitrogen and oxygen atoms in total. The maximum Gasteiger partial charge on any atom is 0.255 e. The van der Waals surface area contributed by atoms with Crippen LogP contribution in [0.2, 0.25) is 0 Å². The van der Waals surface area contributed by atoms with Crippen LogP contribution in [-0.2, 0) is 0 Å². The third-order valence-corrected chi connectivity index (χ3v) is 7.78. The van der Waals surface area contributed by atoms with Crippen molar-refractivity contribution in [3.05, 3.63) is 83.7 Å². The van der Waals surface area contributed by atoms with Crippen molar-refractivity contribution >= 4 is 29.1 Å². The molecule has 2 heterocycles. The molecule has 3 aromatic rings. The van der Waals surface area contributed by atoms with Crippen LogP contribution in [0, 0.1) is 0 Å². The van der Waals surface area contributed by atoms with E-state index >= 15 is 0 Å². The molecule has 0 bridgehead atoms. The summed E-state index contributed by atoms with van der Waals surface area (Å²) >= 11 is 0. The second kappa shape index (κ2) is 12.8.